The summed E-state index contributed by atoms with van der Waals surface area (Å²) in [7, 11) is 4.03. The van der Waals surface area contributed by atoms with E-state index in [0.29, 0.717) is 29.8 Å². The Kier molecular flexibility index (Phi) is 37.4. The van der Waals surface area contributed by atoms with Gasteiger partial charge in [-0.2, -0.15) is 0 Å². The fourth-order valence-electron chi connectivity index (χ4n) is 19.1. The first-order valence-electron chi connectivity index (χ1n) is 49.6. The van der Waals surface area contributed by atoms with Gasteiger partial charge in [-0.25, -0.2) is 0 Å². The monoisotopic (exact) mass is 2100 g/mol. The Balaban J connectivity index is 1.02. The van der Waals surface area contributed by atoms with Gasteiger partial charge in [0.2, 0.25) is 71.5 Å². The number of nitrogens with zero attached hydrogens (tertiary/aromatic N) is 1. The van der Waals surface area contributed by atoms with E-state index in [1.165, 1.54) is 36.4 Å². The number of benzene rings is 7. The molecule has 23 atom stereocenters. The number of amides is 9. The highest BCUT2D eigenvalue weighted by Gasteiger charge is 2.53. The molecule has 9 aliphatic rings. The van der Waals surface area contributed by atoms with E-state index in [-0.39, 0.29) is 63.9 Å². The van der Waals surface area contributed by atoms with Gasteiger partial charge in [-0.1, -0.05) is 132 Å². The third-order valence-corrected chi connectivity index (χ3v) is 27.8. The molecule has 7 aromatic rings. The molecular weight excluding hydrogens is 1970 g/mol. The third-order valence-electron chi connectivity index (χ3n) is 27.3. The Hall–Kier alpha value is -12.1. The summed E-state index contributed by atoms with van der Waals surface area (Å²) in [6.45, 7) is 5.29. The number of aliphatic hydroxyl groups excluding tert-OH is 10. The number of rotatable bonds is 32. The van der Waals surface area contributed by atoms with Crippen molar-refractivity contribution in [2.24, 2.45) is 11.7 Å². The second-order valence-electron chi connectivity index (χ2n) is 39.3. The first-order chi connectivity index (χ1) is 70.6. The number of hydrogen-bond donors (Lipinski definition) is 24. The van der Waals surface area contributed by atoms with E-state index in [0.717, 1.165) is 163 Å². The van der Waals surface area contributed by atoms with Crippen LogP contribution in [-0.4, -0.2) is 287 Å². The highest BCUT2D eigenvalue weighted by atomic mass is 35.5. The molecule has 802 valence electrons. The second-order valence-corrected chi connectivity index (χ2v) is 40.2. The number of phenolic OH excluding ortho intramolecular Hbond substituents is 4. The number of carbonyl (C=O) groups is 9. The number of hydrogen-bond acceptors (Lipinski definition) is 33. The molecule has 43 nitrogen and oxygen atoms in total. The smallest absolute Gasteiger partial charge is 0.248 e. The van der Waals surface area contributed by atoms with Crippen LogP contribution in [-0.2, 0) is 68.5 Å². The normalized spacial score (nSPS) is 27.2. The van der Waals surface area contributed by atoms with Crippen molar-refractivity contribution in [3.05, 3.63) is 164 Å². The number of fused-ring (bicyclic) bond motifs is 14. The SMILES string of the molecule is CCCCCCCCCC[N+](C)(C)CCCNC(=O)[C@H]1NC(=O)[C@H]2NC(=O)[C@H](NC(=O)[C@@H]3NC(=O)[C@H]4NC(=O)[C@@H](Cc5ccc(c(Cl)c5)Oc5cc3cc(c5O[C@@H]3O[C@H](CO)[C@@H](O)[C@H](O)[C@H]3NC(=O)CCCCCCC(C)C)Oc3ccc(cc3Cl)[C@H]2O[C@@H]2O[C@H](CO)[C@@H](O)[C@H](O)[C@H]2NC(C)=O)NC(=O)[C@@H](N)c2ccc(O)c(c2)Oc2cc(O)cc4c2)c2ccc(O)c(c2)-c2c(O[C@H]3O[C@H](CO)[C@@H](O)[C@H](O)[C@@H]3O)cc(O)cc21. The molecule has 0 unspecified atom stereocenters. The standard InChI is InChI=1S/C103H129Cl2N11O32/c1-7-8-9-10-11-12-15-18-31-116(5,6)32-19-30-107-96(135)81-60-43-57(122)44-69(143-103-91(132)90(131)87(128)74(47-119)146-103)76(60)59-37-52(24-26-64(59)123)78-97(136)115-84(100(139)114-81)92(147-101-82(108-49(4)120)88(129)85(126)72(45-117)144-101)53-25-29-67(62(105)38-53)142-71-41-55-40-70(93(71)148-102-83(89(130)86(127)73(46-118)145-102)110-75(125)21-17-14-13-16-20-48(2)3)141-66-28-22-50(33-61(66)104)34-63-94(133)111-79(98(137)113-80(55)99(138)112-78)54-35-56(121)42-58(36-54)140-68-39-51(23-27-65(68)124)77(106)95(134)109-63/h22-29,33,35-44,48,63,72-74,77-92,101-103,117-119,126-132H,7-21,30-32,34,45-47,106H2,1-6H3,(H12-,107,108,109,110,111,112,113,114,115,120,121,122,123,124,125,133,134,135,136,137,138,139)/p+1/t63-,72-,73-,74-,77+,78-,79+,80-,81+,82-,83-,84+,85-,86-,87-,88-,89-,90+,91+,92-,101+,102+,103+/m1/s1. The molecule has 3 saturated heterocycles. The predicted molar refractivity (Wildman–Crippen MR) is 528 cm³/mol. The van der Waals surface area contributed by atoms with Gasteiger partial charge in [-0.3, -0.25) is 43.2 Å². The van der Waals surface area contributed by atoms with Crippen molar-refractivity contribution in [2.45, 2.75) is 271 Å². The fraction of sp³-hybridized carbons (Fsp3) is 0.505. The number of nitrogens with two attached hydrogens (primary N) is 1. The Morgan fingerprint density at radius 2 is 1.04 bits per heavy atom. The number of halogens is 2. The van der Waals surface area contributed by atoms with Crippen molar-refractivity contribution >= 4 is 76.4 Å². The minimum absolute atomic E-state index is 0.0355. The van der Waals surface area contributed by atoms with Gasteiger partial charge in [0.15, 0.2) is 29.3 Å². The molecule has 7 aromatic carbocycles. The largest absolute Gasteiger partial charge is 0.508 e. The molecule has 0 saturated carbocycles. The average molecular weight is 2110 g/mol. The summed E-state index contributed by atoms with van der Waals surface area (Å²) in [5.41, 5.74) is 3.52. The van der Waals surface area contributed by atoms with Crippen LogP contribution in [0.25, 0.3) is 11.1 Å². The van der Waals surface area contributed by atoms with Crippen molar-refractivity contribution < 1.29 is 162 Å². The van der Waals surface area contributed by atoms with Crippen LogP contribution in [0.1, 0.15) is 199 Å². The van der Waals surface area contributed by atoms with Crippen molar-refractivity contribution in [1.82, 2.24) is 47.9 Å². The van der Waals surface area contributed by atoms with Crippen LogP contribution in [0, 0.1) is 5.92 Å². The summed E-state index contributed by atoms with van der Waals surface area (Å²) < 4.78 is 59.2. The van der Waals surface area contributed by atoms with Crippen molar-refractivity contribution in [3.63, 3.8) is 0 Å². The molecule has 3 fully saturated rings. The quantitative estimate of drug-likeness (QED) is 0.0201. The zero-order valence-corrected chi connectivity index (χ0v) is 83.8. The van der Waals surface area contributed by atoms with Crippen LogP contribution in [0.15, 0.2) is 115 Å². The van der Waals surface area contributed by atoms with Gasteiger partial charge < -0.3 is 172 Å². The topological polar surface area (TPSA) is 654 Å². The summed E-state index contributed by atoms with van der Waals surface area (Å²) in [6, 6.07) is 2.18. The molecule has 0 radical (unpaired) electrons. The fourth-order valence-corrected chi connectivity index (χ4v) is 19.6. The molecule has 0 aliphatic carbocycles. The average Bonchev–Trinajstić information content (AvgIpc) is 0.751. The van der Waals surface area contributed by atoms with E-state index in [2.05, 4.69) is 68.6 Å². The molecule has 9 aliphatic heterocycles. The number of aromatic hydroxyl groups is 4. The maximum absolute atomic E-state index is 17.3. The van der Waals surface area contributed by atoms with Crippen molar-refractivity contribution in [3.8, 4) is 80.1 Å². The lowest BCUT2D eigenvalue weighted by atomic mass is 9.89. The minimum atomic E-state index is -2.52. The van der Waals surface area contributed by atoms with Crippen LogP contribution >= 0.6 is 23.2 Å². The zero-order valence-electron chi connectivity index (χ0n) is 82.3. The van der Waals surface area contributed by atoms with Crippen molar-refractivity contribution in [1.29, 1.82) is 0 Å². The van der Waals surface area contributed by atoms with E-state index in [9.17, 15) is 85.9 Å². The van der Waals surface area contributed by atoms with E-state index in [4.69, 9.17) is 71.6 Å². The zero-order chi connectivity index (χ0) is 107. The van der Waals surface area contributed by atoms with Gasteiger partial charge in [0.05, 0.1) is 57.1 Å². The molecule has 25 N–H and O–H groups in total. The molecule has 148 heavy (non-hydrogen) atoms. The number of aliphatic hydroxyl groups is 10. The molecule has 0 aromatic heterocycles. The van der Waals surface area contributed by atoms with E-state index in [1.807, 2.05) is 14.1 Å². The summed E-state index contributed by atoms with van der Waals surface area (Å²) in [6.07, 6.45) is -16.9. The maximum atomic E-state index is 17.3. The first-order valence-corrected chi connectivity index (χ1v) is 50.3. The lowest BCUT2D eigenvalue weighted by Crippen LogP contribution is -2.65. The van der Waals surface area contributed by atoms with Gasteiger partial charge in [-0.05, 0) is 143 Å². The lowest BCUT2D eigenvalue weighted by Gasteiger charge is -2.44. The Morgan fingerprint density at radius 3 is 1.68 bits per heavy atom. The highest BCUT2D eigenvalue weighted by molar-refractivity contribution is 6.32. The molecular formula is C103H130Cl2N11O32+. The number of carbonyl (C=O) groups excluding carboxylic acids is 9. The van der Waals surface area contributed by atoms with E-state index >= 15 is 28.8 Å². The Bertz CT molecular complexity index is 5950. The third kappa shape index (κ3) is 26.7. The lowest BCUT2D eigenvalue weighted by molar-refractivity contribution is -0.890. The van der Waals surface area contributed by atoms with Gasteiger partial charge in [-0.15, -0.1) is 0 Å². The van der Waals surface area contributed by atoms with Gasteiger partial charge in [0.25, 0.3) is 0 Å². The van der Waals surface area contributed by atoms with Crippen LogP contribution in [0.4, 0.5) is 0 Å². The van der Waals surface area contributed by atoms with E-state index < -0.39 is 304 Å². The number of phenols is 4. The number of nitrogens with one attached hydrogen (secondary N) is 9. The van der Waals surface area contributed by atoms with Crippen LogP contribution < -0.4 is 77.3 Å². The highest BCUT2D eigenvalue weighted by Crippen LogP contribution is 2.51. The molecule has 9 amide bonds. The molecule has 45 heteroatoms. The molecule has 9 heterocycles. The summed E-state index contributed by atoms with van der Waals surface area (Å²) in [5, 5.41) is 186. The van der Waals surface area contributed by atoms with Crippen LogP contribution in [0.2, 0.25) is 10.0 Å². The van der Waals surface area contributed by atoms with Crippen LogP contribution in [0.3, 0.4) is 0 Å². The second kappa shape index (κ2) is 49.6. The van der Waals surface area contributed by atoms with Gasteiger partial charge in [0, 0.05) is 56.0 Å². The Morgan fingerprint density at radius 1 is 0.493 bits per heavy atom. The van der Waals surface area contributed by atoms with Gasteiger partial charge >= 0.3 is 0 Å². The van der Waals surface area contributed by atoms with Gasteiger partial charge in [0.1, 0.15) is 162 Å². The summed E-state index contributed by atoms with van der Waals surface area (Å²) in [4.78, 5) is 142. The summed E-state index contributed by atoms with van der Waals surface area (Å²) >= 11 is 15.0. The number of quaternary nitrogens is 1. The number of unbranched alkanes of at least 4 members (excludes halogenated alkanes) is 10. The van der Waals surface area contributed by atoms with E-state index in [1.54, 1.807) is 0 Å². The summed E-state index contributed by atoms with van der Waals surface area (Å²) in [5.74, 6) is -17.5. The minimum Gasteiger partial charge on any atom is -0.508 e. The number of ether oxygens (including phenoxy) is 9. The molecule has 16 rings (SSSR count). The molecule has 17 bridgehead atoms. The maximum Gasteiger partial charge on any atom is 0.248 e. The van der Waals surface area contributed by atoms with Crippen LogP contribution in [0.5, 0.6) is 69.0 Å². The molecule has 0 spiro atoms. The van der Waals surface area contributed by atoms with Crippen molar-refractivity contribution in [2.75, 3.05) is 53.6 Å². The predicted octanol–water partition coefficient (Wildman–Crippen LogP) is 4.66. The Labute approximate surface area is 861 Å². The first kappa shape index (κ1) is 112.